The lowest BCUT2D eigenvalue weighted by atomic mass is 10.1. The molecule has 0 aliphatic carbocycles. The lowest BCUT2D eigenvalue weighted by molar-refractivity contribution is 0.0474. The average molecular weight is 393 g/mol. The zero-order chi connectivity index (χ0) is 18.8. The highest BCUT2D eigenvalue weighted by Gasteiger charge is 2.20. The van der Waals surface area contributed by atoms with E-state index in [9.17, 15) is 14.0 Å². The van der Waals surface area contributed by atoms with Gasteiger partial charge in [0, 0.05) is 28.5 Å². The van der Waals surface area contributed by atoms with Gasteiger partial charge in [-0.05, 0) is 38.1 Å². The van der Waals surface area contributed by atoms with E-state index in [1.165, 1.54) is 17.4 Å². The molecular formula is C18H14ClFN2O3S. The minimum atomic E-state index is -0.780. The highest BCUT2D eigenvalue weighted by atomic mass is 35.5. The van der Waals surface area contributed by atoms with Crippen molar-refractivity contribution in [2.24, 2.45) is 0 Å². The average Bonchev–Trinajstić information content (AvgIpc) is 3.20. The van der Waals surface area contributed by atoms with E-state index in [-0.39, 0.29) is 16.4 Å². The number of ketones is 1. The summed E-state index contributed by atoms with van der Waals surface area (Å²) < 4.78 is 20.0. The Hall–Kier alpha value is -2.51. The Bertz CT molecular complexity index is 983. The van der Waals surface area contributed by atoms with Gasteiger partial charge in [0.25, 0.3) is 0 Å². The van der Waals surface area contributed by atoms with Crippen LogP contribution in [0.25, 0.3) is 5.13 Å². The van der Waals surface area contributed by atoms with Gasteiger partial charge in [-0.25, -0.2) is 14.2 Å². The number of ether oxygens (including phenoxy) is 1. The van der Waals surface area contributed by atoms with E-state index in [4.69, 9.17) is 16.3 Å². The summed E-state index contributed by atoms with van der Waals surface area (Å²) in [5.41, 5.74) is 2.04. The lowest BCUT2D eigenvalue weighted by Crippen LogP contribution is -2.15. The number of esters is 1. The molecule has 0 saturated carbocycles. The molecule has 3 aromatic rings. The molecule has 0 radical (unpaired) electrons. The number of aromatic nitrogens is 2. The van der Waals surface area contributed by atoms with Crippen LogP contribution in [0.5, 0.6) is 0 Å². The largest absolute Gasteiger partial charge is 0.454 e. The van der Waals surface area contributed by atoms with Gasteiger partial charge in [0.2, 0.25) is 5.78 Å². The third-order valence-electron chi connectivity index (χ3n) is 3.83. The van der Waals surface area contributed by atoms with Gasteiger partial charge in [-0.3, -0.25) is 9.36 Å². The number of aryl methyl sites for hydroxylation is 1. The molecule has 0 aliphatic heterocycles. The molecule has 0 N–H and O–H groups in total. The lowest BCUT2D eigenvalue weighted by Gasteiger charge is -2.07. The van der Waals surface area contributed by atoms with E-state index in [1.54, 1.807) is 19.2 Å². The van der Waals surface area contributed by atoms with Gasteiger partial charge in [0.1, 0.15) is 5.82 Å². The molecular weight excluding hydrogens is 379 g/mol. The molecule has 134 valence electrons. The topological polar surface area (TPSA) is 61.2 Å². The first-order valence-electron chi connectivity index (χ1n) is 7.62. The van der Waals surface area contributed by atoms with Gasteiger partial charge >= 0.3 is 5.97 Å². The molecule has 0 spiro atoms. The van der Waals surface area contributed by atoms with Crippen molar-refractivity contribution in [3.05, 3.63) is 69.2 Å². The van der Waals surface area contributed by atoms with Gasteiger partial charge < -0.3 is 4.74 Å². The van der Waals surface area contributed by atoms with Gasteiger partial charge in [0.15, 0.2) is 11.7 Å². The number of hydrogen-bond donors (Lipinski definition) is 0. The summed E-state index contributed by atoms with van der Waals surface area (Å²) in [5.74, 6) is -1.68. The molecule has 0 bridgehead atoms. The fourth-order valence-corrected chi connectivity index (χ4v) is 3.60. The fourth-order valence-electron chi connectivity index (χ4n) is 2.61. The number of Topliss-reactive ketones (excluding diaryl/α,β-unsaturated/α-hetero) is 1. The molecule has 26 heavy (non-hydrogen) atoms. The highest BCUT2D eigenvalue weighted by molar-refractivity contribution is 7.12. The zero-order valence-electron chi connectivity index (χ0n) is 14.0. The molecule has 8 heteroatoms. The van der Waals surface area contributed by atoms with Crippen LogP contribution in [0.2, 0.25) is 5.02 Å². The maximum atomic E-state index is 13.1. The first-order valence-corrected chi connectivity index (χ1v) is 8.88. The van der Waals surface area contributed by atoms with Crippen LogP contribution in [0.1, 0.15) is 32.1 Å². The van der Waals surface area contributed by atoms with E-state index >= 15 is 0 Å². The number of carbonyl (C=O) groups excluding carboxylic acids is 2. The molecule has 0 fully saturated rings. The molecule has 3 rings (SSSR count). The van der Waals surface area contributed by atoms with E-state index in [1.807, 2.05) is 16.9 Å². The number of thiazole rings is 1. The first kappa shape index (κ1) is 18.3. The smallest absolute Gasteiger partial charge is 0.340 e. The Balaban J connectivity index is 1.75. The van der Waals surface area contributed by atoms with E-state index in [2.05, 4.69) is 4.98 Å². The van der Waals surface area contributed by atoms with E-state index in [0.717, 1.165) is 28.7 Å². The van der Waals surface area contributed by atoms with Crippen LogP contribution in [0.15, 0.2) is 35.8 Å². The molecule has 0 unspecified atom stereocenters. The molecule has 5 nitrogen and oxygen atoms in total. The SMILES string of the molecule is Cc1cc(C(=O)COC(=O)c2ccc(F)cc2Cl)c(C)n1-c1nccs1. The van der Waals surface area contributed by atoms with Crippen molar-refractivity contribution in [2.75, 3.05) is 6.61 Å². The number of benzene rings is 1. The van der Waals surface area contributed by atoms with Crippen molar-refractivity contribution < 1.29 is 18.7 Å². The summed E-state index contributed by atoms with van der Waals surface area (Å²) in [7, 11) is 0. The van der Waals surface area contributed by atoms with Crippen molar-refractivity contribution in [1.29, 1.82) is 0 Å². The Morgan fingerprint density at radius 3 is 2.69 bits per heavy atom. The third kappa shape index (κ3) is 3.54. The molecule has 0 aliphatic rings. The molecule has 0 atom stereocenters. The Labute approximate surface area is 158 Å². The maximum Gasteiger partial charge on any atom is 0.340 e. The number of halogens is 2. The van der Waals surface area contributed by atoms with Gasteiger partial charge in [0.05, 0.1) is 10.6 Å². The summed E-state index contributed by atoms with van der Waals surface area (Å²) in [6, 6.07) is 5.07. The van der Waals surface area contributed by atoms with Crippen LogP contribution in [-0.2, 0) is 4.74 Å². The molecule has 1 aromatic carbocycles. The monoisotopic (exact) mass is 392 g/mol. The van der Waals surface area contributed by atoms with Crippen LogP contribution in [-0.4, -0.2) is 27.9 Å². The van der Waals surface area contributed by atoms with Crippen molar-refractivity contribution in [3.63, 3.8) is 0 Å². The van der Waals surface area contributed by atoms with Crippen molar-refractivity contribution >= 4 is 34.7 Å². The van der Waals surface area contributed by atoms with Crippen molar-refractivity contribution in [2.45, 2.75) is 13.8 Å². The first-order chi connectivity index (χ1) is 12.4. The number of hydrogen-bond acceptors (Lipinski definition) is 5. The highest BCUT2D eigenvalue weighted by Crippen LogP contribution is 2.23. The predicted octanol–water partition coefficient (Wildman–Crippen LogP) is 4.38. The fraction of sp³-hybridized carbons (Fsp3) is 0.167. The summed E-state index contributed by atoms with van der Waals surface area (Å²) in [5, 5.41) is 2.54. The standard InChI is InChI=1S/C18H14ClFN2O3S/c1-10-7-14(11(2)22(10)18-21-5-6-26-18)16(23)9-25-17(24)13-4-3-12(20)8-15(13)19/h3-8H,9H2,1-2H3. The number of nitrogens with zero attached hydrogens (tertiary/aromatic N) is 2. The quantitative estimate of drug-likeness (QED) is 0.477. The molecule has 2 heterocycles. The summed E-state index contributed by atoms with van der Waals surface area (Å²) in [6.45, 7) is 3.24. The Morgan fingerprint density at radius 1 is 1.27 bits per heavy atom. The predicted molar refractivity (Wildman–Crippen MR) is 96.9 cm³/mol. The van der Waals surface area contributed by atoms with E-state index < -0.39 is 18.4 Å². The van der Waals surface area contributed by atoms with Crippen LogP contribution in [0.4, 0.5) is 4.39 Å². The normalized spacial score (nSPS) is 10.8. The Kier molecular flexibility index (Phi) is 5.20. The van der Waals surface area contributed by atoms with Gasteiger partial charge in [-0.1, -0.05) is 11.6 Å². The second-order valence-electron chi connectivity index (χ2n) is 5.56. The minimum absolute atomic E-state index is 0.00845. The molecule has 0 amide bonds. The van der Waals surface area contributed by atoms with Gasteiger partial charge in [-0.15, -0.1) is 11.3 Å². The maximum absolute atomic E-state index is 13.1. The zero-order valence-corrected chi connectivity index (χ0v) is 15.5. The molecule has 0 saturated heterocycles. The third-order valence-corrected chi connectivity index (χ3v) is 4.90. The Morgan fingerprint density at radius 2 is 2.04 bits per heavy atom. The van der Waals surface area contributed by atoms with Crippen LogP contribution in [0.3, 0.4) is 0 Å². The minimum Gasteiger partial charge on any atom is -0.454 e. The van der Waals surface area contributed by atoms with Crippen molar-refractivity contribution in [1.82, 2.24) is 9.55 Å². The van der Waals surface area contributed by atoms with Crippen LogP contribution < -0.4 is 0 Å². The molecule has 2 aromatic heterocycles. The number of carbonyl (C=O) groups is 2. The van der Waals surface area contributed by atoms with Crippen LogP contribution in [0, 0.1) is 19.7 Å². The number of rotatable bonds is 5. The summed E-state index contributed by atoms with van der Waals surface area (Å²) >= 11 is 7.29. The van der Waals surface area contributed by atoms with Crippen LogP contribution >= 0.6 is 22.9 Å². The summed E-state index contributed by atoms with van der Waals surface area (Å²) in [6.07, 6.45) is 1.69. The summed E-state index contributed by atoms with van der Waals surface area (Å²) in [4.78, 5) is 28.8. The van der Waals surface area contributed by atoms with E-state index in [0.29, 0.717) is 5.56 Å². The second-order valence-corrected chi connectivity index (χ2v) is 6.84. The second kappa shape index (κ2) is 7.39. The van der Waals surface area contributed by atoms with Crippen molar-refractivity contribution in [3.8, 4) is 5.13 Å². The van der Waals surface area contributed by atoms with Gasteiger partial charge in [-0.2, -0.15) is 0 Å².